The number of aromatic carboxylic acids is 1. The summed E-state index contributed by atoms with van der Waals surface area (Å²) in [5.41, 5.74) is 0.197. The predicted molar refractivity (Wildman–Crippen MR) is 81.8 cm³/mol. The Balaban J connectivity index is 2.51. The highest BCUT2D eigenvalue weighted by Crippen LogP contribution is 2.29. The van der Waals surface area contributed by atoms with Crippen LogP contribution in [0, 0.1) is 0 Å². The topological polar surface area (TPSA) is 91.7 Å². The van der Waals surface area contributed by atoms with Crippen LogP contribution in [0.1, 0.15) is 28.4 Å². The monoisotopic (exact) mass is 320 g/mol. The van der Waals surface area contributed by atoms with Crippen molar-refractivity contribution in [3.63, 3.8) is 0 Å². The fourth-order valence-electron chi connectivity index (χ4n) is 2.24. The second-order valence-electron chi connectivity index (χ2n) is 4.84. The molecule has 0 aromatic heterocycles. The minimum atomic E-state index is -3.68. The maximum Gasteiger partial charge on any atom is 0.339 e. The first-order valence-corrected chi connectivity index (χ1v) is 8.37. The SMILES string of the molecule is CCc1ccc(CS(=O)(=O)c2ccccc2)c(C(=O)O)c1O. The highest BCUT2D eigenvalue weighted by Gasteiger charge is 2.23. The van der Waals surface area contributed by atoms with E-state index in [1.54, 1.807) is 31.2 Å². The van der Waals surface area contributed by atoms with Gasteiger partial charge in [0.2, 0.25) is 0 Å². The molecule has 0 heterocycles. The third-order valence-electron chi connectivity index (χ3n) is 3.39. The average molecular weight is 320 g/mol. The van der Waals surface area contributed by atoms with Crippen LogP contribution in [-0.4, -0.2) is 24.6 Å². The Kier molecular flexibility index (Phi) is 4.51. The van der Waals surface area contributed by atoms with Crippen molar-refractivity contribution in [1.29, 1.82) is 0 Å². The third-order valence-corrected chi connectivity index (χ3v) is 5.07. The minimum absolute atomic E-state index is 0.0750. The van der Waals surface area contributed by atoms with Crippen molar-refractivity contribution in [2.24, 2.45) is 0 Å². The van der Waals surface area contributed by atoms with Crippen LogP contribution in [-0.2, 0) is 22.0 Å². The van der Waals surface area contributed by atoms with Crippen LogP contribution in [0.15, 0.2) is 47.4 Å². The number of aromatic hydroxyl groups is 1. The Hall–Kier alpha value is -2.34. The number of aryl methyl sites for hydroxylation is 1. The van der Waals surface area contributed by atoms with Crippen molar-refractivity contribution in [3.8, 4) is 5.75 Å². The van der Waals surface area contributed by atoms with Crippen molar-refractivity contribution in [2.75, 3.05) is 0 Å². The van der Waals surface area contributed by atoms with Crippen LogP contribution in [0.5, 0.6) is 5.75 Å². The smallest absolute Gasteiger partial charge is 0.339 e. The molecule has 0 spiro atoms. The second-order valence-corrected chi connectivity index (χ2v) is 6.83. The lowest BCUT2D eigenvalue weighted by molar-refractivity contribution is 0.0692. The van der Waals surface area contributed by atoms with Gasteiger partial charge in [0.05, 0.1) is 10.6 Å². The van der Waals surface area contributed by atoms with E-state index in [-0.39, 0.29) is 21.8 Å². The Morgan fingerprint density at radius 3 is 2.18 bits per heavy atom. The number of carboxylic acid groups (broad SMARTS) is 1. The van der Waals surface area contributed by atoms with Gasteiger partial charge in [0.1, 0.15) is 11.3 Å². The fraction of sp³-hybridized carbons (Fsp3) is 0.188. The van der Waals surface area contributed by atoms with Crippen LogP contribution < -0.4 is 0 Å². The zero-order chi connectivity index (χ0) is 16.3. The molecule has 2 aromatic rings. The van der Waals surface area contributed by atoms with E-state index in [2.05, 4.69) is 0 Å². The quantitative estimate of drug-likeness (QED) is 0.883. The molecule has 0 aliphatic carbocycles. The molecule has 0 amide bonds. The zero-order valence-electron chi connectivity index (χ0n) is 12.0. The van der Waals surface area contributed by atoms with Crippen LogP contribution in [0.25, 0.3) is 0 Å². The van der Waals surface area contributed by atoms with Crippen molar-refractivity contribution >= 4 is 15.8 Å². The van der Waals surface area contributed by atoms with Crippen LogP contribution >= 0.6 is 0 Å². The van der Waals surface area contributed by atoms with Crippen molar-refractivity contribution in [2.45, 2.75) is 24.0 Å². The first-order valence-electron chi connectivity index (χ1n) is 6.71. The van der Waals surface area contributed by atoms with Gasteiger partial charge in [-0.1, -0.05) is 37.3 Å². The molecule has 0 aliphatic rings. The Labute approximate surface area is 128 Å². The van der Waals surface area contributed by atoms with E-state index in [0.717, 1.165) is 0 Å². The third kappa shape index (κ3) is 3.12. The molecule has 2 rings (SSSR count). The highest BCUT2D eigenvalue weighted by atomic mass is 32.2. The molecular weight excluding hydrogens is 304 g/mol. The lowest BCUT2D eigenvalue weighted by Crippen LogP contribution is -2.11. The second kappa shape index (κ2) is 6.19. The highest BCUT2D eigenvalue weighted by molar-refractivity contribution is 7.90. The van der Waals surface area contributed by atoms with Gasteiger partial charge in [0.25, 0.3) is 0 Å². The maximum absolute atomic E-state index is 12.4. The summed E-state index contributed by atoms with van der Waals surface area (Å²) in [5, 5.41) is 19.3. The summed E-state index contributed by atoms with van der Waals surface area (Å²) in [5.74, 6) is -2.18. The first kappa shape index (κ1) is 16.0. The Morgan fingerprint density at radius 2 is 1.64 bits per heavy atom. The molecule has 6 heteroatoms. The zero-order valence-corrected chi connectivity index (χ0v) is 12.8. The van der Waals surface area contributed by atoms with Crippen molar-refractivity contribution in [1.82, 2.24) is 0 Å². The lowest BCUT2D eigenvalue weighted by atomic mass is 10.0. The van der Waals surface area contributed by atoms with Gasteiger partial charge in [-0.15, -0.1) is 0 Å². The van der Waals surface area contributed by atoms with Crippen LogP contribution in [0.4, 0.5) is 0 Å². The Bertz CT molecular complexity index is 795. The van der Waals surface area contributed by atoms with E-state index in [0.29, 0.717) is 12.0 Å². The maximum atomic E-state index is 12.4. The summed E-state index contributed by atoms with van der Waals surface area (Å²) < 4.78 is 24.7. The number of carboxylic acids is 1. The number of benzene rings is 2. The largest absolute Gasteiger partial charge is 0.507 e. The molecule has 0 saturated carbocycles. The van der Waals surface area contributed by atoms with Gasteiger partial charge in [-0.05, 0) is 29.7 Å². The predicted octanol–water partition coefficient (Wildman–Crippen LogP) is 2.63. The fourth-order valence-corrected chi connectivity index (χ4v) is 3.62. The number of rotatable bonds is 5. The van der Waals surface area contributed by atoms with E-state index >= 15 is 0 Å². The van der Waals surface area contributed by atoms with Gasteiger partial charge < -0.3 is 10.2 Å². The minimum Gasteiger partial charge on any atom is -0.507 e. The molecule has 0 unspecified atom stereocenters. The molecule has 0 atom stereocenters. The number of sulfone groups is 1. The molecule has 0 saturated heterocycles. The molecule has 0 aliphatic heterocycles. The van der Waals surface area contributed by atoms with Gasteiger partial charge in [-0.25, -0.2) is 13.2 Å². The van der Waals surface area contributed by atoms with Gasteiger partial charge in [-0.3, -0.25) is 0 Å². The van der Waals surface area contributed by atoms with Gasteiger partial charge in [0, 0.05) is 0 Å². The summed E-state index contributed by atoms with van der Waals surface area (Å²) >= 11 is 0. The van der Waals surface area contributed by atoms with Gasteiger partial charge in [0.15, 0.2) is 9.84 Å². The van der Waals surface area contributed by atoms with Gasteiger partial charge >= 0.3 is 5.97 Å². The number of carbonyl (C=O) groups is 1. The van der Waals surface area contributed by atoms with E-state index in [1.165, 1.54) is 18.2 Å². The van der Waals surface area contributed by atoms with Crippen LogP contribution in [0.3, 0.4) is 0 Å². The number of phenols is 1. The summed E-state index contributed by atoms with van der Waals surface area (Å²) in [4.78, 5) is 11.5. The molecular formula is C16H16O5S. The molecule has 0 bridgehead atoms. The van der Waals surface area contributed by atoms with E-state index in [4.69, 9.17) is 0 Å². The average Bonchev–Trinajstić information content (AvgIpc) is 2.47. The van der Waals surface area contributed by atoms with E-state index in [9.17, 15) is 23.4 Å². The Morgan fingerprint density at radius 1 is 1.05 bits per heavy atom. The summed E-state index contributed by atoms with van der Waals surface area (Å²) in [7, 11) is -3.68. The normalized spacial score (nSPS) is 11.3. The first-order chi connectivity index (χ1) is 10.4. The van der Waals surface area contributed by atoms with Gasteiger partial charge in [-0.2, -0.15) is 0 Å². The summed E-state index contributed by atoms with van der Waals surface area (Å²) in [6, 6.07) is 10.8. The lowest BCUT2D eigenvalue weighted by Gasteiger charge is -2.12. The van der Waals surface area contributed by atoms with E-state index < -0.39 is 21.6 Å². The van der Waals surface area contributed by atoms with Crippen molar-refractivity contribution < 1.29 is 23.4 Å². The molecule has 116 valence electrons. The van der Waals surface area contributed by atoms with E-state index in [1.807, 2.05) is 0 Å². The number of hydrogen-bond donors (Lipinski definition) is 2. The molecule has 0 fully saturated rings. The summed E-state index contributed by atoms with van der Waals surface area (Å²) in [6.45, 7) is 1.78. The number of hydrogen-bond acceptors (Lipinski definition) is 4. The van der Waals surface area contributed by atoms with Crippen LogP contribution in [0.2, 0.25) is 0 Å². The summed E-state index contributed by atoms with van der Waals surface area (Å²) in [6.07, 6.45) is 0.456. The molecule has 2 N–H and O–H groups in total. The molecule has 0 radical (unpaired) electrons. The molecule has 22 heavy (non-hydrogen) atoms. The molecule has 2 aromatic carbocycles. The standard InChI is InChI=1S/C16H16O5S/c1-2-11-8-9-12(14(15(11)17)16(18)19)10-22(20,21)13-6-4-3-5-7-13/h3-9,17H,2,10H2,1H3,(H,18,19). The molecule has 5 nitrogen and oxygen atoms in total. The van der Waals surface area contributed by atoms with Crippen molar-refractivity contribution in [3.05, 3.63) is 59.2 Å².